The number of benzene rings is 3. The Morgan fingerprint density at radius 3 is 2.49 bits per heavy atom. The molecule has 2 atom stereocenters. The molecule has 214 valence electrons. The van der Waals surface area contributed by atoms with Crippen LogP contribution in [0.5, 0.6) is 5.75 Å². The van der Waals surface area contributed by atoms with E-state index < -0.39 is 17.8 Å². The van der Waals surface area contributed by atoms with E-state index in [0.717, 1.165) is 17.2 Å². The van der Waals surface area contributed by atoms with Crippen molar-refractivity contribution in [2.24, 2.45) is 0 Å². The van der Waals surface area contributed by atoms with Crippen molar-refractivity contribution in [2.75, 3.05) is 26.2 Å². The molecule has 0 aliphatic carbocycles. The van der Waals surface area contributed by atoms with E-state index in [9.17, 15) is 23.5 Å². The van der Waals surface area contributed by atoms with E-state index in [1.807, 2.05) is 35.2 Å². The smallest absolute Gasteiger partial charge is 0.334 e. The molecule has 2 N–H and O–H groups in total. The summed E-state index contributed by atoms with van der Waals surface area (Å²) < 4.78 is 28.3. The zero-order valence-corrected chi connectivity index (χ0v) is 22.6. The maximum Gasteiger partial charge on any atom is 0.334 e. The lowest BCUT2D eigenvalue weighted by Crippen LogP contribution is -2.75. The molecule has 0 aromatic heterocycles. The van der Waals surface area contributed by atoms with Gasteiger partial charge in [-0.15, -0.1) is 6.58 Å². The van der Waals surface area contributed by atoms with Gasteiger partial charge in [0.15, 0.2) is 0 Å². The van der Waals surface area contributed by atoms with Gasteiger partial charge >= 0.3 is 6.03 Å². The van der Waals surface area contributed by atoms with Gasteiger partial charge in [-0.25, -0.2) is 23.6 Å². The molecule has 0 spiro atoms. The van der Waals surface area contributed by atoms with E-state index in [4.69, 9.17) is 0 Å². The summed E-state index contributed by atoms with van der Waals surface area (Å²) >= 11 is 0. The van der Waals surface area contributed by atoms with Crippen LogP contribution in [0.25, 0.3) is 0 Å². The second kappa shape index (κ2) is 12.5. The van der Waals surface area contributed by atoms with Gasteiger partial charge in [0.05, 0.1) is 12.6 Å². The minimum atomic E-state index is -0.675. The number of amides is 3. The average Bonchev–Trinajstić information content (AvgIpc) is 2.95. The maximum atomic E-state index is 14.7. The van der Waals surface area contributed by atoms with Crippen LogP contribution in [0.15, 0.2) is 85.5 Å². The third-order valence-electron chi connectivity index (χ3n) is 7.45. The van der Waals surface area contributed by atoms with E-state index in [1.54, 1.807) is 45.3 Å². The Morgan fingerprint density at radius 2 is 1.78 bits per heavy atom. The zero-order valence-electron chi connectivity index (χ0n) is 22.6. The van der Waals surface area contributed by atoms with Gasteiger partial charge in [-0.05, 0) is 35.7 Å². The lowest BCUT2D eigenvalue weighted by molar-refractivity contribution is -0.182. The number of urea groups is 1. The maximum absolute atomic E-state index is 14.7. The van der Waals surface area contributed by atoms with Crippen molar-refractivity contribution < 1.29 is 23.5 Å². The van der Waals surface area contributed by atoms with Crippen LogP contribution in [0.2, 0.25) is 0 Å². The van der Waals surface area contributed by atoms with Gasteiger partial charge < -0.3 is 15.3 Å². The second-order valence-electron chi connectivity index (χ2n) is 10.4. The highest BCUT2D eigenvalue weighted by Gasteiger charge is 2.48. The van der Waals surface area contributed by atoms with Gasteiger partial charge in [-0.3, -0.25) is 9.69 Å². The molecule has 10 heteroatoms. The van der Waals surface area contributed by atoms with E-state index >= 15 is 0 Å². The van der Waals surface area contributed by atoms with Crippen molar-refractivity contribution in [1.29, 1.82) is 0 Å². The first-order valence-corrected chi connectivity index (χ1v) is 13.5. The lowest BCUT2D eigenvalue weighted by atomic mass is 9.99. The number of hydrogen-bond acceptors (Lipinski definition) is 5. The van der Waals surface area contributed by atoms with E-state index in [-0.39, 0.29) is 49.9 Å². The Labute approximate surface area is 238 Å². The molecule has 0 radical (unpaired) electrons. The molecule has 5 rings (SSSR count). The number of nitrogens with one attached hydrogen (secondary N) is 1. The topological polar surface area (TPSA) is 79.4 Å². The molecule has 0 unspecified atom stereocenters. The standard InChI is InChI=1S/C31H33F2N5O3/c1-2-14-36-21-30(40)37-26(15-22-8-12-27(39)13-9-22)19-35(18-24-10-11-25(32)16-28(24)33)20-29(37)38(36)31(41)34-17-23-6-4-3-5-7-23/h2-13,16,26,29,39H,1,14-15,17-21H2,(H,34,41)/t26-,29+/m0/s1. The van der Waals surface area contributed by atoms with Gasteiger partial charge in [0.1, 0.15) is 23.5 Å². The SMILES string of the molecule is C=CCN1CC(=O)N2[C@@H](Cc3ccc(O)cc3)CN(Cc3ccc(F)cc3F)C[C@H]2N1C(=O)NCc1ccccc1. The van der Waals surface area contributed by atoms with Crippen LogP contribution in [0.1, 0.15) is 16.7 Å². The number of carbonyl (C=O) groups is 2. The van der Waals surface area contributed by atoms with Crippen LogP contribution in [-0.2, 0) is 24.3 Å². The molecule has 2 heterocycles. The highest BCUT2D eigenvalue weighted by Crippen LogP contribution is 2.29. The Hall–Kier alpha value is -4.28. The molecular weight excluding hydrogens is 528 g/mol. The van der Waals surface area contributed by atoms with Crippen molar-refractivity contribution in [2.45, 2.75) is 31.7 Å². The number of fused-ring (bicyclic) bond motifs is 1. The quantitative estimate of drug-likeness (QED) is 0.408. The normalized spacial score (nSPS) is 19.6. The number of carbonyl (C=O) groups excluding carboxylic acids is 2. The third kappa shape index (κ3) is 6.55. The van der Waals surface area contributed by atoms with Crippen LogP contribution in [-0.4, -0.2) is 75.2 Å². The zero-order chi connectivity index (χ0) is 28.9. The van der Waals surface area contributed by atoms with Crippen molar-refractivity contribution in [3.05, 3.63) is 114 Å². The largest absolute Gasteiger partial charge is 0.508 e. The number of nitrogens with zero attached hydrogens (tertiary/aromatic N) is 4. The van der Waals surface area contributed by atoms with E-state index in [0.29, 0.717) is 25.1 Å². The number of hydrazine groups is 1. The molecule has 3 amide bonds. The van der Waals surface area contributed by atoms with E-state index in [2.05, 4.69) is 11.9 Å². The van der Waals surface area contributed by atoms with Gasteiger partial charge in [-0.2, -0.15) is 0 Å². The van der Waals surface area contributed by atoms with Crippen LogP contribution in [0.3, 0.4) is 0 Å². The number of phenols is 1. The van der Waals surface area contributed by atoms with Crippen LogP contribution < -0.4 is 5.32 Å². The minimum absolute atomic E-state index is 0.0000545. The minimum Gasteiger partial charge on any atom is -0.508 e. The van der Waals surface area contributed by atoms with Crippen LogP contribution >= 0.6 is 0 Å². The number of phenolic OH excluding ortho intramolecular Hbond substituents is 1. The first kappa shape index (κ1) is 28.3. The lowest BCUT2D eigenvalue weighted by Gasteiger charge is -2.55. The fraction of sp³-hybridized carbons (Fsp3) is 0.290. The summed E-state index contributed by atoms with van der Waals surface area (Å²) in [5.74, 6) is -1.28. The highest BCUT2D eigenvalue weighted by molar-refractivity contribution is 5.83. The van der Waals surface area contributed by atoms with Gasteiger partial charge in [-0.1, -0.05) is 54.6 Å². The number of rotatable bonds is 8. The van der Waals surface area contributed by atoms with Gasteiger partial charge in [0, 0.05) is 44.4 Å². The highest BCUT2D eigenvalue weighted by atomic mass is 19.1. The summed E-state index contributed by atoms with van der Waals surface area (Å²) in [4.78, 5) is 31.1. The first-order chi connectivity index (χ1) is 19.8. The predicted molar refractivity (Wildman–Crippen MR) is 150 cm³/mol. The fourth-order valence-electron chi connectivity index (χ4n) is 5.60. The molecule has 0 bridgehead atoms. The Kier molecular flexibility index (Phi) is 8.61. The number of hydrogen-bond donors (Lipinski definition) is 2. The summed E-state index contributed by atoms with van der Waals surface area (Å²) in [6.07, 6.45) is 1.43. The molecule has 2 fully saturated rings. The summed E-state index contributed by atoms with van der Waals surface area (Å²) in [7, 11) is 0. The summed E-state index contributed by atoms with van der Waals surface area (Å²) in [6, 6.07) is 19.1. The molecule has 2 saturated heterocycles. The number of halogens is 2. The molecule has 3 aromatic rings. The second-order valence-corrected chi connectivity index (χ2v) is 10.4. The van der Waals surface area contributed by atoms with Gasteiger partial charge in [0.25, 0.3) is 0 Å². The van der Waals surface area contributed by atoms with Crippen LogP contribution in [0, 0.1) is 11.6 Å². The van der Waals surface area contributed by atoms with Crippen molar-refractivity contribution in [3.63, 3.8) is 0 Å². The summed E-state index contributed by atoms with van der Waals surface area (Å²) in [5, 5.41) is 16.0. The molecule has 2 aliphatic heterocycles. The van der Waals surface area contributed by atoms with Crippen LogP contribution in [0.4, 0.5) is 13.6 Å². The fourth-order valence-corrected chi connectivity index (χ4v) is 5.60. The molecule has 2 aliphatic rings. The van der Waals surface area contributed by atoms with E-state index in [1.165, 1.54) is 12.1 Å². The molecule has 8 nitrogen and oxygen atoms in total. The molecule has 3 aromatic carbocycles. The first-order valence-electron chi connectivity index (χ1n) is 13.5. The number of aromatic hydroxyl groups is 1. The van der Waals surface area contributed by atoms with Crippen molar-refractivity contribution in [1.82, 2.24) is 25.1 Å². The van der Waals surface area contributed by atoms with Crippen molar-refractivity contribution in [3.8, 4) is 5.75 Å². The molecule has 0 saturated carbocycles. The molecular formula is C31H33F2N5O3. The Morgan fingerprint density at radius 1 is 1.02 bits per heavy atom. The Balaban J connectivity index is 1.46. The summed E-state index contributed by atoms with van der Waals surface area (Å²) in [5.41, 5.74) is 2.17. The van der Waals surface area contributed by atoms with Crippen molar-refractivity contribution >= 4 is 11.9 Å². The monoisotopic (exact) mass is 561 g/mol. The van der Waals surface area contributed by atoms with Gasteiger partial charge in [0.2, 0.25) is 5.91 Å². The Bertz CT molecular complexity index is 1390. The third-order valence-corrected chi connectivity index (χ3v) is 7.45. The molecule has 41 heavy (non-hydrogen) atoms. The predicted octanol–water partition coefficient (Wildman–Crippen LogP) is 3.88. The summed E-state index contributed by atoms with van der Waals surface area (Å²) in [6.45, 7) is 5.26. The average molecular weight is 562 g/mol. The number of piperazine rings is 1.